The molecule has 45 heavy (non-hydrogen) atoms. The molecule has 0 heterocycles. The van der Waals surface area contributed by atoms with Crippen molar-refractivity contribution in [3.63, 3.8) is 0 Å². The molecule has 6 aromatic rings. The van der Waals surface area contributed by atoms with Gasteiger partial charge in [0.15, 0.2) is 0 Å². The Kier molecular flexibility index (Phi) is 15.1. The molecule has 0 fully saturated rings. The van der Waals surface area contributed by atoms with E-state index < -0.39 is 20.8 Å². The molecule has 0 aliphatic heterocycles. The third-order valence-corrected chi connectivity index (χ3v) is 8.04. The number of rotatable bonds is 4. The molecule has 0 aliphatic rings. The average molecular weight is 729 g/mol. The first-order valence-corrected chi connectivity index (χ1v) is 24.0. The topological polar surface area (TPSA) is 0 Å². The number of aryl methyl sites for hydroxylation is 1. The molecule has 4 heteroatoms. The Hall–Kier alpha value is -2.22. The molecule has 0 nitrogen and oxygen atoms in total. The van der Waals surface area contributed by atoms with E-state index >= 15 is 0 Å². The van der Waals surface area contributed by atoms with E-state index in [0.717, 1.165) is 9.52 Å². The first-order valence-electron chi connectivity index (χ1n) is 15.6. The van der Waals surface area contributed by atoms with Crippen LogP contribution in [0.25, 0.3) is 43.8 Å². The van der Waals surface area contributed by atoms with E-state index in [1.807, 2.05) is 0 Å². The average Bonchev–Trinajstić information content (AvgIpc) is 3.67. The maximum atomic E-state index is 4.93. The van der Waals surface area contributed by atoms with Crippen LogP contribution in [-0.4, -0.2) is 9.52 Å². The van der Waals surface area contributed by atoms with Gasteiger partial charge in [-0.05, 0) is 40.0 Å². The first kappa shape index (κ1) is 37.2. The molecule has 6 aromatic carbocycles. The van der Waals surface area contributed by atoms with Gasteiger partial charge in [-0.1, -0.05) is 126 Å². The van der Waals surface area contributed by atoms with Gasteiger partial charge in [-0.3, -0.25) is 0 Å². The van der Waals surface area contributed by atoms with Gasteiger partial charge in [-0.2, -0.15) is 18.2 Å². The van der Waals surface area contributed by atoms with Gasteiger partial charge in [0.1, 0.15) is 0 Å². The minimum absolute atomic E-state index is 0.213. The van der Waals surface area contributed by atoms with Crippen molar-refractivity contribution < 1.29 is 20.8 Å². The molecule has 0 spiro atoms. The summed E-state index contributed by atoms with van der Waals surface area (Å²) in [4.78, 5) is 0. The Morgan fingerprint density at radius 3 is 1.80 bits per heavy atom. The predicted octanol–water partition coefficient (Wildman–Crippen LogP) is 13.7. The Morgan fingerprint density at radius 1 is 0.756 bits per heavy atom. The van der Waals surface area contributed by atoms with Crippen LogP contribution in [0.15, 0.2) is 115 Å². The molecule has 0 N–H and O–H groups in total. The van der Waals surface area contributed by atoms with E-state index in [4.69, 9.17) is 17.0 Å². The summed E-state index contributed by atoms with van der Waals surface area (Å²) in [5.74, 6) is 0.640. The van der Waals surface area contributed by atoms with Crippen molar-refractivity contribution >= 4 is 48.1 Å². The summed E-state index contributed by atoms with van der Waals surface area (Å²) in [5.41, 5.74) is 9.63. The van der Waals surface area contributed by atoms with Gasteiger partial charge < -0.3 is 0 Å². The number of hydrogen-bond acceptors (Lipinski definition) is 0. The number of fused-ring (bicyclic) bond motifs is 2. The fraction of sp³-hybridized carbons (Fsp3) is 0.268. The Labute approximate surface area is 293 Å². The zero-order chi connectivity index (χ0) is 33.0. The van der Waals surface area contributed by atoms with Gasteiger partial charge in [0.2, 0.25) is 0 Å². The monoisotopic (exact) mass is 726 g/mol. The van der Waals surface area contributed by atoms with Crippen molar-refractivity contribution in [2.75, 3.05) is 0 Å². The van der Waals surface area contributed by atoms with E-state index in [0.29, 0.717) is 5.92 Å². The van der Waals surface area contributed by atoms with Crippen LogP contribution in [0.2, 0.25) is 13.1 Å². The van der Waals surface area contributed by atoms with Crippen LogP contribution in [0.5, 0.6) is 0 Å². The van der Waals surface area contributed by atoms with Gasteiger partial charge >= 0.3 is 37.9 Å². The summed E-state index contributed by atoms with van der Waals surface area (Å²) in [6, 6.07) is 42.2. The third-order valence-electron chi connectivity index (χ3n) is 8.04. The van der Waals surface area contributed by atoms with Gasteiger partial charge in [0.05, 0.1) is 0 Å². The standard InChI is InChI=1S/C20H21.C19H19.C2H6Si.2ClH.Zr/c1-4-15(3)16-8-10-17(11-9-16)19-7-5-6-18-12-14(2)13-20(18)19;1-19(2,3)16-12-10-15(11-13-16)18-9-5-7-14-6-4-8-17(14)18;1-3-2;;;/h5-13,15H,4H2,1-3H3;4-13H,1-3H3;1-2H3;2*1H;/q2*-1;;;;+4/p-2. The van der Waals surface area contributed by atoms with Crippen LogP contribution in [0.4, 0.5) is 0 Å². The quantitative estimate of drug-likeness (QED) is 0.125. The van der Waals surface area contributed by atoms with Crippen LogP contribution in [0, 0.1) is 6.92 Å². The molecule has 0 aromatic heterocycles. The molecule has 1 unspecified atom stereocenters. The second kappa shape index (κ2) is 18.2. The van der Waals surface area contributed by atoms with Gasteiger partial charge in [-0.25, -0.2) is 0 Å². The minimum atomic E-state index is -0.826. The van der Waals surface area contributed by atoms with Crippen molar-refractivity contribution in [1.29, 1.82) is 0 Å². The van der Waals surface area contributed by atoms with Gasteiger partial charge in [0, 0.05) is 9.52 Å². The summed E-state index contributed by atoms with van der Waals surface area (Å²) >= 11 is -0.826. The first-order chi connectivity index (χ1) is 21.6. The Morgan fingerprint density at radius 2 is 1.27 bits per heavy atom. The summed E-state index contributed by atoms with van der Waals surface area (Å²) in [6.45, 7) is 17.7. The van der Waals surface area contributed by atoms with Crippen molar-refractivity contribution in [2.45, 2.75) is 72.4 Å². The molecule has 2 radical (unpaired) electrons. The third kappa shape index (κ3) is 10.4. The van der Waals surface area contributed by atoms with Gasteiger partial charge in [0.25, 0.3) is 0 Å². The van der Waals surface area contributed by atoms with E-state index in [-0.39, 0.29) is 5.41 Å². The fourth-order valence-electron chi connectivity index (χ4n) is 5.43. The van der Waals surface area contributed by atoms with Gasteiger partial charge in [-0.15, -0.1) is 63.5 Å². The zero-order valence-corrected chi connectivity index (χ0v) is 33.0. The molecule has 0 saturated heterocycles. The second-order valence-electron chi connectivity index (χ2n) is 12.5. The van der Waals surface area contributed by atoms with Crippen LogP contribution in [0.1, 0.15) is 63.6 Å². The molecule has 0 aliphatic carbocycles. The molecule has 0 bridgehead atoms. The normalized spacial score (nSPS) is 11.3. The zero-order valence-electron chi connectivity index (χ0n) is 28.0. The van der Waals surface area contributed by atoms with Crippen LogP contribution in [0.3, 0.4) is 0 Å². The maximum absolute atomic E-state index is 4.93. The summed E-state index contributed by atoms with van der Waals surface area (Å²) in [6.07, 6.45) is 1.19. The van der Waals surface area contributed by atoms with E-state index in [2.05, 4.69) is 170 Å². The van der Waals surface area contributed by atoms with Crippen molar-refractivity contribution in [3.8, 4) is 22.3 Å². The molecule has 0 amide bonds. The van der Waals surface area contributed by atoms with Crippen LogP contribution < -0.4 is 0 Å². The molecular weight excluding hydrogens is 683 g/mol. The summed E-state index contributed by atoms with van der Waals surface area (Å²) in [7, 11) is 11.0. The van der Waals surface area contributed by atoms with Crippen molar-refractivity contribution in [3.05, 3.63) is 132 Å². The predicted molar refractivity (Wildman–Crippen MR) is 201 cm³/mol. The van der Waals surface area contributed by atoms with Crippen LogP contribution >= 0.6 is 17.0 Å². The molecular formula is C41H46Cl2SiZr. The summed E-state index contributed by atoms with van der Waals surface area (Å²) in [5, 5.41) is 5.36. The molecule has 232 valence electrons. The number of hydrogen-bond donors (Lipinski definition) is 0. The second-order valence-corrected chi connectivity index (χ2v) is 17.2. The summed E-state index contributed by atoms with van der Waals surface area (Å²) < 4.78 is 0. The van der Waals surface area contributed by atoms with E-state index in [1.165, 1.54) is 66.9 Å². The Balaban J connectivity index is 0.000000209. The molecule has 1 atom stereocenters. The van der Waals surface area contributed by atoms with Crippen LogP contribution in [-0.2, 0) is 26.3 Å². The molecule has 6 rings (SSSR count). The number of halogens is 2. The van der Waals surface area contributed by atoms with E-state index in [1.54, 1.807) is 0 Å². The van der Waals surface area contributed by atoms with Crippen molar-refractivity contribution in [2.24, 2.45) is 0 Å². The number of benzene rings is 4. The molecule has 0 saturated carbocycles. The van der Waals surface area contributed by atoms with Crippen molar-refractivity contribution in [1.82, 2.24) is 0 Å². The fourth-order valence-corrected chi connectivity index (χ4v) is 5.43. The SMILES string of the molecule is CC(C)(C)c1ccc(-c2cccc3[cH-]ccc23)cc1.CCC(C)c1ccc(-c2cccc3[cH-]c(C)cc23)cc1.C[Si]C.[Cl][Zr+2][Cl]. The van der Waals surface area contributed by atoms with E-state index in [9.17, 15) is 0 Å². The Bertz CT molecular complexity index is 1720.